The normalized spacial score (nSPS) is 10.9. The van der Waals surface area contributed by atoms with E-state index in [2.05, 4.69) is 5.32 Å². The predicted octanol–water partition coefficient (Wildman–Crippen LogP) is 3.61. The minimum atomic E-state index is -0.590. The van der Waals surface area contributed by atoms with E-state index < -0.39 is 11.9 Å². The van der Waals surface area contributed by atoms with Gasteiger partial charge in [0.1, 0.15) is 0 Å². The van der Waals surface area contributed by atoms with Crippen LogP contribution in [0.4, 0.5) is 5.69 Å². The molecule has 0 spiro atoms. The summed E-state index contributed by atoms with van der Waals surface area (Å²) in [5.41, 5.74) is 0.477. The van der Waals surface area contributed by atoms with Crippen molar-refractivity contribution in [2.75, 3.05) is 11.9 Å². The lowest BCUT2D eigenvalue weighted by atomic mass is 10.3. The molecule has 0 unspecified atom stereocenters. The van der Waals surface area contributed by atoms with Crippen LogP contribution in [0.15, 0.2) is 42.5 Å². The van der Waals surface area contributed by atoms with Gasteiger partial charge in [-0.3, -0.25) is 4.79 Å². The largest absolute Gasteiger partial charge is 0.452 e. The molecule has 1 rings (SSSR count). The molecule has 0 atom stereocenters. The number of allylic oxidation sites excluding steroid dienone is 3. The summed E-state index contributed by atoms with van der Waals surface area (Å²) in [4.78, 5) is 22.8. The Bertz CT molecular complexity index is 553. The summed E-state index contributed by atoms with van der Waals surface area (Å²) in [7, 11) is 0. The molecular weight excluding hydrogens is 301 g/mol. The van der Waals surface area contributed by atoms with Crippen LogP contribution in [0.3, 0.4) is 0 Å². The van der Waals surface area contributed by atoms with Crippen molar-refractivity contribution in [3.8, 4) is 0 Å². The maximum atomic E-state index is 11.5. The number of carbonyl (C=O) groups excluding carboxylic acids is 2. The molecule has 1 aromatic carbocycles. The molecular formula is C14H13Cl2NO3. The summed E-state index contributed by atoms with van der Waals surface area (Å²) < 4.78 is 4.75. The number of nitrogens with one attached hydrogen (secondary N) is 1. The van der Waals surface area contributed by atoms with Crippen molar-refractivity contribution in [2.24, 2.45) is 0 Å². The van der Waals surface area contributed by atoms with E-state index >= 15 is 0 Å². The second kappa shape index (κ2) is 8.40. The van der Waals surface area contributed by atoms with E-state index in [1.54, 1.807) is 24.3 Å². The van der Waals surface area contributed by atoms with Gasteiger partial charge in [-0.2, -0.15) is 0 Å². The Hall–Kier alpha value is -1.78. The molecule has 0 aromatic heterocycles. The van der Waals surface area contributed by atoms with Crippen LogP contribution in [0.5, 0.6) is 0 Å². The summed E-state index contributed by atoms with van der Waals surface area (Å²) >= 11 is 11.6. The topological polar surface area (TPSA) is 55.4 Å². The van der Waals surface area contributed by atoms with E-state index in [9.17, 15) is 9.59 Å². The van der Waals surface area contributed by atoms with E-state index in [4.69, 9.17) is 27.9 Å². The van der Waals surface area contributed by atoms with Gasteiger partial charge in [0.25, 0.3) is 5.91 Å². The summed E-state index contributed by atoms with van der Waals surface area (Å²) in [6.45, 7) is 1.44. The minimum absolute atomic E-state index is 0.329. The van der Waals surface area contributed by atoms with Gasteiger partial charge in [-0.1, -0.05) is 41.4 Å². The van der Waals surface area contributed by atoms with Gasteiger partial charge in [0.05, 0.1) is 10.0 Å². The standard InChI is InChI=1S/C14H13Cl2NO3/c1-2-3-4-5-14(19)20-9-13(18)17-10-6-7-11(15)12(16)8-10/h2-8H,9H2,1H3,(H,17,18)/b3-2+,5-4+. The first-order valence-corrected chi connectivity index (χ1v) is 6.49. The Morgan fingerprint density at radius 2 is 2.00 bits per heavy atom. The van der Waals surface area contributed by atoms with Gasteiger partial charge in [-0.25, -0.2) is 4.79 Å². The molecule has 0 aliphatic carbocycles. The molecule has 0 aliphatic rings. The lowest BCUT2D eigenvalue weighted by molar-refractivity contribution is -0.142. The monoisotopic (exact) mass is 313 g/mol. The molecule has 0 radical (unpaired) electrons. The molecule has 4 nitrogen and oxygen atoms in total. The van der Waals surface area contributed by atoms with E-state index in [-0.39, 0.29) is 6.61 Å². The molecule has 1 amide bonds. The fourth-order valence-electron chi connectivity index (χ4n) is 1.20. The van der Waals surface area contributed by atoms with E-state index in [0.717, 1.165) is 0 Å². The highest BCUT2D eigenvalue weighted by atomic mass is 35.5. The number of carbonyl (C=O) groups is 2. The van der Waals surface area contributed by atoms with Gasteiger partial charge in [0.2, 0.25) is 0 Å². The van der Waals surface area contributed by atoms with E-state index in [1.807, 2.05) is 6.92 Å². The second-order valence-corrected chi connectivity index (χ2v) is 4.48. The Kier molecular flexibility index (Phi) is 6.84. The first kappa shape index (κ1) is 16.3. The maximum absolute atomic E-state index is 11.5. The number of ether oxygens (including phenoxy) is 1. The van der Waals surface area contributed by atoms with Crippen molar-refractivity contribution in [3.63, 3.8) is 0 Å². The Balaban J connectivity index is 2.44. The summed E-state index contributed by atoms with van der Waals surface area (Å²) in [5, 5.41) is 3.26. The van der Waals surface area contributed by atoms with Gasteiger partial charge in [-0.05, 0) is 25.1 Å². The average Bonchev–Trinajstić information content (AvgIpc) is 2.41. The van der Waals surface area contributed by atoms with Crippen LogP contribution in [0.2, 0.25) is 10.0 Å². The number of benzene rings is 1. The molecule has 0 heterocycles. The van der Waals surface area contributed by atoms with Crippen molar-refractivity contribution in [1.82, 2.24) is 0 Å². The van der Waals surface area contributed by atoms with Crippen molar-refractivity contribution < 1.29 is 14.3 Å². The van der Waals surface area contributed by atoms with Crippen molar-refractivity contribution in [2.45, 2.75) is 6.92 Å². The van der Waals surface area contributed by atoms with Crippen LogP contribution in [0.1, 0.15) is 6.92 Å². The van der Waals surface area contributed by atoms with Gasteiger partial charge in [0.15, 0.2) is 6.61 Å². The number of rotatable bonds is 5. The lowest BCUT2D eigenvalue weighted by Crippen LogP contribution is -2.20. The summed E-state index contributed by atoms with van der Waals surface area (Å²) in [5.74, 6) is -1.05. The third-order valence-electron chi connectivity index (χ3n) is 2.08. The fraction of sp³-hybridized carbons (Fsp3) is 0.143. The highest BCUT2D eigenvalue weighted by molar-refractivity contribution is 6.42. The van der Waals surface area contributed by atoms with Gasteiger partial charge in [0, 0.05) is 11.8 Å². The Labute approximate surface area is 127 Å². The van der Waals surface area contributed by atoms with Crippen molar-refractivity contribution >= 4 is 40.8 Å². The number of esters is 1. The lowest BCUT2D eigenvalue weighted by Gasteiger charge is -2.06. The van der Waals surface area contributed by atoms with Crippen molar-refractivity contribution in [1.29, 1.82) is 0 Å². The second-order valence-electron chi connectivity index (χ2n) is 3.67. The number of anilines is 1. The van der Waals surface area contributed by atoms with Crippen LogP contribution in [-0.2, 0) is 14.3 Å². The maximum Gasteiger partial charge on any atom is 0.331 e. The number of hydrogen-bond acceptors (Lipinski definition) is 3. The van der Waals surface area contributed by atoms with Crippen LogP contribution in [0, 0.1) is 0 Å². The molecule has 0 fully saturated rings. The van der Waals surface area contributed by atoms with Crippen LogP contribution < -0.4 is 5.32 Å². The average molecular weight is 314 g/mol. The smallest absolute Gasteiger partial charge is 0.331 e. The number of hydrogen-bond donors (Lipinski definition) is 1. The third-order valence-corrected chi connectivity index (χ3v) is 2.82. The SMILES string of the molecule is C/C=C/C=C/C(=O)OCC(=O)Nc1ccc(Cl)c(Cl)c1. The zero-order chi connectivity index (χ0) is 15.0. The highest BCUT2D eigenvalue weighted by Gasteiger charge is 2.06. The fourth-order valence-corrected chi connectivity index (χ4v) is 1.50. The Morgan fingerprint density at radius 3 is 2.65 bits per heavy atom. The van der Waals surface area contributed by atoms with Gasteiger partial charge in [-0.15, -0.1) is 0 Å². The molecule has 0 bridgehead atoms. The summed E-state index contributed by atoms with van der Waals surface area (Å²) in [6.07, 6.45) is 6.20. The zero-order valence-electron chi connectivity index (χ0n) is 10.7. The van der Waals surface area contributed by atoms with Crippen LogP contribution in [-0.4, -0.2) is 18.5 Å². The zero-order valence-corrected chi connectivity index (χ0v) is 12.2. The number of amides is 1. The quantitative estimate of drug-likeness (QED) is 0.513. The predicted molar refractivity (Wildman–Crippen MR) is 80.0 cm³/mol. The molecule has 0 saturated carbocycles. The minimum Gasteiger partial charge on any atom is -0.452 e. The van der Waals surface area contributed by atoms with E-state index in [0.29, 0.717) is 15.7 Å². The highest BCUT2D eigenvalue weighted by Crippen LogP contribution is 2.24. The molecule has 6 heteroatoms. The van der Waals surface area contributed by atoms with Gasteiger partial charge >= 0.3 is 5.97 Å². The molecule has 1 aromatic rings. The molecule has 20 heavy (non-hydrogen) atoms. The Morgan fingerprint density at radius 1 is 1.25 bits per heavy atom. The molecule has 106 valence electrons. The first-order chi connectivity index (χ1) is 9.52. The van der Waals surface area contributed by atoms with E-state index in [1.165, 1.54) is 18.2 Å². The van der Waals surface area contributed by atoms with Crippen molar-refractivity contribution in [3.05, 3.63) is 52.5 Å². The summed E-state index contributed by atoms with van der Waals surface area (Å²) in [6, 6.07) is 4.67. The first-order valence-electron chi connectivity index (χ1n) is 5.74. The van der Waals surface area contributed by atoms with Gasteiger partial charge < -0.3 is 10.1 Å². The number of halogens is 2. The third kappa shape index (κ3) is 5.91. The van der Waals surface area contributed by atoms with Crippen LogP contribution in [0.25, 0.3) is 0 Å². The molecule has 1 N–H and O–H groups in total. The molecule has 0 saturated heterocycles. The van der Waals surface area contributed by atoms with Crippen LogP contribution >= 0.6 is 23.2 Å². The molecule has 0 aliphatic heterocycles.